The fourth-order valence-electron chi connectivity index (χ4n) is 5.36. The number of carbonyl (C=O) groups excluding carboxylic acids is 2. The molecule has 7 N–H and O–H groups in total. The molecule has 1 amide bonds. The molecule has 0 bridgehead atoms. The maximum atomic E-state index is 14.3. The van der Waals surface area contributed by atoms with Gasteiger partial charge in [-0.3, -0.25) is 24.4 Å². The first-order chi connectivity index (χ1) is 28.9. The van der Waals surface area contributed by atoms with Gasteiger partial charge in [-0.25, -0.2) is 8.78 Å². The number of aliphatic hydroxyl groups is 2. The minimum atomic E-state index is -1.40. The van der Waals surface area contributed by atoms with Crippen LogP contribution >= 0.6 is 50.2 Å². The van der Waals surface area contributed by atoms with Gasteiger partial charge in [0.05, 0.1) is 58.6 Å². The summed E-state index contributed by atoms with van der Waals surface area (Å²) < 4.78 is 31.1. The molecule has 6 rings (SSSR count). The number of aromatic carboxylic acids is 1. The quantitative estimate of drug-likeness (QED) is 0.103. The zero-order valence-corrected chi connectivity index (χ0v) is 38.6. The fraction of sp³-hybridized carbons (Fsp3) is 0.190. The van der Waals surface area contributed by atoms with E-state index in [9.17, 15) is 33.1 Å². The number of pyridine rings is 4. The number of halogens is 4. The third kappa shape index (κ3) is 15.5. The summed E-state index contributed by atoms with van der Waals surface area (Å²) in [5.74, 6) is -2.98. The van der Waals surface area contributed by atoms with Crippen LogP contribution in [-0.4, -0.2) is 66.5 Å². The van der Waals surface area contributed by atoms with Crippen LogP contribution in [0.5, 0.6) is 0 Å². The predicted octanol–water partition coefficient (Wildman–Crippen LogP) is 2.00. The normalized spacial score (nSPS) is 11.0. The zero-order chi connectivity index (χ0) is 45.0. The number of aryl methyl sites for hydroxylation is 2. The minimum Gasteiger partial charge on any atom is -0.545 e. The van der Waals surface area contributed by atoms with E-state index in [-0.39, 0.29) is 109 Å². The number of nitrogens with one attached hydrogen (secondary N) is 3. The first-order valence-electron chi connectivity index (χ1n) is 18.2. The molecule has 22 heteroatoms. The van der Waals surface area contributed by atoms with Gasteiger partial charge >= 0.3 is 18.9 Å². The van der Waals surface area contributed by atoms with Gasteiger partial charge in [0.25, 0.3) is 17.0 Å². The van der Waals surface area contributed by atoms with Crippen LogP contribution in [0.1, 0.15) is 34.6 Å². The number of nitrogens with zero attached hydrogens (tertiary/aromatic N) is 4. The van der Waals surface area contributed by atoms with Crippen LogP contribution in [0.2, 0.25) is 10.0 Å². The molecular weight excluding hydrogens is 908 g/mol. The molecule has 0 aliphatic carbocycles. The summed E-state index contributed by atoms with van der Waals surface area (Å²) in [6.45, 7) is 3.30. The first-order valence-corrected chi connectivity index (χ1v) is 18.9. The molecule has 0 unspecified atom stereocenters. The number of hydrogen-bond donors (Lipinski definition) is 6. The van der Waals surface area contributed by atoms with Gasteiger partial charge in [-0.05, 0) is 74.5 Å². The molecule has 2 atom stereocenters. The molecule has 0 aliphatic rings. The van der Waals surface area contributed by atoms with E-state index in [1.54, 1.807) is 27.0 Å². The standard InChI is InChI=1S/C21H20ClFN4O3.C18H13ClFN3O3.C3H9NO.Li.2H2S/c1-12(11-28)25-20(29)17-9-24-6-5-19(17)26-14-8-16(21(30)27(2)10-14)15-7-13(22)3-4-18(15)23;1-23-9-11(22-16-4-5-21-8-14(16)18(25)26)7-13(17(23)24)12-6-10(19)2-3-15(12)20;1-3(4)2-5;;;/h3-10,12,28H,11H2,1-2H3,(H,24,26)(H,25,29);2-9H,1H3,(H,21,22)(H,25,26);3,5H,2,4H2,1H3;;2*1H2/q;;;+1;;/p-1/t12-;;3-;;;/m0.0.../s1. The number of amides is 1. The number of hydrogen-bond acceptors (Lipinski definition) is 12. The fourth-order valence-corrected chi connectivity index (χ4v) is 5.71. The Hall–Kier alpha value is -5.20. The maximum absolute atomic E-state index is 14.3. The van der Waals surface area contributed by atoms with E-state index in [1.165, 1.54) is 102 Å². The Bertz CT molecular complexity index is 2660. The largest absolute Gasteiger partial charge is 1.00 e. The molecule has 64 heavy (non-hydrogen) atoms. The second-order valence-corrected chi connectivity index (χ2v) is 14.3. The van der Waals surface area contributed by atoms with Crippen LogP contribution in [0.3, 0.4) is 0 Å². The molecular formula is C42H45Cl2F2LiN8O7S2. The van der Waals surface area contributed by atoms with Gasteiger partial charge in [0.2, 0.25) is 0 Å². The van der Waals surface area contributed by atoms with Crippen LogP contribution in [0.25, 0.3) is 22.3 Å². The minimum absolute atomic E-state index is 0. The van der Waals surface area contributed by atoms with Crippen molar-refractivity contribution in [1.82, 2.24) is 24.4 Å². The van der Waals surface area contributed by atoms with Crippen LogP contribution in [-0.2, 0) is 14.1 Å². The van der Waals surface area contributed by atoms with E-state index in [1.807, 2.05) is 0 Å². The topological polar surface area (TPSA) is 230 Å². The summed E-state index contributed by atoms with van der Waals surface area (Å²) in [6.07, 6.45) is 8.46. The van der Waals surface area contributed by atoms with Crippen molar-refractivity contribution >= 4 is 84.8 Å². The summed E-state index contributed by atoms with van der Waals surface area (Å²) in [4.78, 5) is 56.4. The molecule has 4 aromatic heterocycles. The Labute approximate surface area is 402 Å². The van der Waals surface area contributed by atoms with Crippen molar-refractivity contribution in [2.24, 2.45) is 19.8 Å². The molecule has 336 valence electrons. The number of carbonyl (C=O) groups is 2. The molecule has 0 fully saturated rings. The van der Waals surface area contributed by atoms with Gasteiger partial charge in [-0.2, -0.15) is 27.0 Å². The van der Waals surface area contributed by atoms with Crippen molar-refractivity contribution in [3.63, 3.8) is 0 Å². The van der Waals surface area contributed by atoms with Crippen LogP contribution < -0.4 is 56.8 Å². The van der Waals surface area contributed by atoms with Crippen LogP contribution in [0.4, 0.5) is 31.5 Å². The molecule has 0 aliphatic heterocycles. The van der Waals surface area contributed by atoms with E-state index in [2.05, 4.69) is 25.9 Å². The number of anilines is 4. The number of aromatic nitrogens is 4. The van der Waals surface area contributed by atoms with Crippen LogP contribution in [0, 0.1) is 11.6 Å². The number of aliphatic hydroxyl groups excluding tert-OH is 2. The van der Waals surface area contributed by atoms with E-state index in [0.29, 0.717) is 22.1 Å². The monoisotopic (exact) mass is 952 g/mol. The third-order valence-electron chi connectivity index (χ3n) is 8.41. The SMILES string of the molecule is C[C@@H](CO)NC(=O)c1cnccc1Nc1cc(-c2cc(Cl)ccc2F)c(=O)n(C)c1.C[C@H](N)CO.Cn1cc(Nc2ccncc2C(=O)[O-])cc(-c2cc(Cl)ccc2F)c1=O.S.S.[Li+]. The van der Waals surface area contributed by atoms with Gasteiger partial charge < -0.3 is 50.9 Å². The molecule has 4 heterocycles. The van der Waals surface area contributed by atoms with Gasteiger partial charge in [0, 0.05) is 90.1 Å². The number of rotatable bonds is 11. The van der Waals surface area contributed by atoms with Gasteiger partial charge in [0.15, 0.2) is 0 Å². The summed E-state index contributed by atoms with van der Waals surface area (Å²) >= 11 is 11.9. The van der Waals surface area contributed by atoms with Crippen LogP contribution in [0.15, 0.2) is 107 Å². The summed E-state index contributed by atoms with van der Waals surface area (Å²) in [5, 5.41) is 37.6. The first kappa shape index (κ1) is 56.8. The molecule has 0 saturated heterocycles. The second kappa shape index (κ2) is 26.6. The molecule has 0 saturated carbocycles. The molecule has 15 nitrogen and oxygen atoms in total. The Kier molecular flexibility index (Phi) is 23.6. The van der Waals surface area contributed by atoms with Crippen molar-refractivity contribution in [3.05, 3.63) is 151 Å². The molecule has 6 aromatic rings. The van der Waals surface area contributed by atoms with Crippen molar-refractivity contribution in [3.8, 4) is 22.3 Å². The van der Waals surface area contributed by atoms with E-state index < -0.39 is 40.7 Å². The zero-order valence-electron chi connectivity index (χ0n) is 35.1. The van der Waals surface area contributed by atoms with Gasteiger partial charge in [0.1, 0.15) is 11.6 Å². The Morgan fingerprint density at radius 1 is 0.734 bits per heavy atom. The third-order valence-corrected chi connectivity index (χ3v) is 8.88. The average Bonchev–Trinajstić information content (AvgIpc) is 3.23. The van der Waals surface area contributed by atoms with Crippen molar-refractivity contribution in [2.75, 3.05) is 23.8 Å². The summed E-state index contributed by atoms with van der Waals surface area (Å²) in [6, 6.07) is 13.4. The Morgan fingerprint density at radius 2 is 1.14 bits per heavy atom. The van der Waals surface area contributed by atoms with Crippen molar-refractivity contribution in [2.45, 2.75) is 25.9 Å². The van der Waals surface area contributed by atoms with E-state index >= 15 is 0 Å². The summed E-state index contributed by atoms with van der Waals surface area (Å²) in [5.41, 5.74) is 6.18. The number of carboxylic acids is 1. The van der Waals surface area contributed by atoms with E-state index in [0.717, 1.165) is 6.20 Å². The second-order valence-electron chi connectivity index (χ2n) is 13.5. The molecule has 0 radical (unpaired) electrons. The average molecular weight is 954 g/mol. The smallest absolute Gasteiger partial charge is 0.545 e. The number of benzene rings is 2. The molecule has 2 aromatic carbocycles. The number of nitrogens with two attached hydrogens (primary N) is 1. The maximum Gasteiger partial charge on any atom is 1.00 e. The van der Waals surface area contributed by atoms with Gasteiger partial charge in [-0.15, -0.1) is 0 Å². The Morgan fingerprint density at radius 3 is 1.53 bits per heavy atom. The van der Waals surface area contributed by atoms with Gasteiger partial charge in [-0.1, -0.05) is 23.2 Å². The molecule has 0 spiro atoms. The van der Waals surface area contributed by atoms with E-state index in [4.69, 9.17) is 39.1 Å². The predicted molar refractivity (Wildman–Crippen MR) is 249 cm³/mol. The Balaban J connectivity index is 0.000000559. The van der Waals surface area contributed by atoms with Crippen molar-refractivity contribution in [1.29, 1.82) is 0 Å². The van der Waals surface area contributed by atoms with Crippen molar-refractivity contribution < 1.29 is 52.6 Å². The summed E-state index contributed by atoms with van der Waals surface area (Å²) in [7, 11) is 3.05. The number of carboxylic acid groups (broad SMARTS) is 1.